The van der Waals surface area contributed by atoms with Crippen LogP contribution >= 0.6 is 0 Å². The standard InChI is InChI=1S/C23H26N6O2/c24-22(30)23(31)29-15-17(18-3-1-2-4-20(18)29)6-8-27-9-11-28(12-10-27)21-13-16-5-7-25-19(16)14-26-21/h1-5,7,13-14,17,25H,6,8-12,15H2,(H2,24,30)/t17-/m0/s1. The van der Waals surface area contributed by atoms with Gasteiger partial charge in [0.1, 0.15) is 5.82 Å². The molecule has 3 aromatic rings. The van der Waals surface area contributed by atoms with Crippen molar-refractivity contribution in [2.75, 3.05) is 49.1 Å². The second-order valence-corrected chi connectivity index (χ2v) is 8.26. The van der Waals surface area contributed by atoms with Gasteiger partial charge in [-0.15, -0.1) is 0 Å². The Morgan fingerprint density at radius 3 is 2.74 bits per heavy atom. The number of pyridine rings is 1. The number of primary amides is 1. The first-order valence-corrected chi connectivity index (χ1v) is 10.7. The summed E-state index contributed by atoms with van der Waals surface area (Å²) >= 11 is 0. The van der Waals surface area contributed by atoms with Crippen molar-refractivity contribution in [3.8, 4) is 0 Å². The maximum atomic E-state index is 12.2. The number of rotatable bonds is 4. The topological polar surface area (TPSA) is 98.6 Å². The molecule has 1 saturated heterocycles. The predicted octanol–water partition coefficient (Wildman–Crippen LogP) is 1.69. The number of piperazine rings is 1. The molecule has 160 valence electrons. The molecule has 1 aromatic carbocycles. The van der Waals surface area contributed by atoms with Crippen molar-refractivity contribution in [1.29, 1.82) is 0 Å². The number of amides is 2. The summed E-state index contributed by atoms with van der Waals surface area (Å²) in [6, 6.07) is 12.0. The van der Waals surface area contributed by atoms with E-state index in [1.807, 2.05) is 30.6 Å². The normalized spacial score (nSPS) is 19.0. The minimum absolute atomic E-state index is 0.218. The van der Waals surface area contributed by atoms with Gasteiger partial charge in [0, 0.05) is 55.9 Å². The quantitative estimate of drug-likeness (QED) is 0.629. The number of nitrogens with one attached hydrogen (secondary N) is 1. The number of fused-ring (bicyclic) bond motifs is 2. The maximum absolute atomic E-state index is 12.2. The number of anilines is 2. The van der Waals surface area contributed by atoms with Gasteiger partial charge in [0.15, 0.2) is 0 Å². The van der Waals surface area contributed by atoms with Crippen molar-refractivity contribution < 1.29 is 9.59 Å². The van der Waals surface area contributed by atoms with E-state index in [0.717, 1.165) is 61.7 Å². The number of carbonyl (C=O) groups is 2. The lowest BCUT2D eigenvalue weighted by atomic mass is 9.97. The van der Waals surface area contributed by atoms with Crippen LogP contribution < -0.4 is 15.5 Å². The summed E-state index contributed by atoms with van der Waals surface area (Å²) < 4.78 is 0. The van der Waals surface area contributed by atoms with E-state index in [2.05, 4.69) is 38.0 Å². The van der Waals surface area contributed by atoms with Crippen molar-refractivity contribution in [2.45, 2.75) is 12.3 Å². The van der Waals surface area contributed by atoms with Crippen LogP contribution in [0.15, 0.2) is 48.8 Å². The van der Waals surface area contributed by atoms with Crippen LogP contribution in [0.4, 0.5) is 11.5 Å². The Balaban J connectivity index is 1.19. The maximum Gasteiger partial charge on any atom is 0.316 e. The Bertz CT molecular complexity index is 1120. The van der Waals surface area contributed by atoms with Crippen LogP contribution in [0.3, 0.4) is 0 Å². The number of para-hydroxylation sites is 1. The number of carbonyl (C=O) groups excluding carboxylic acids is 2. The summed E-state index contributed by atoms with van der Waals surface area (Å²) in [4.78, 5) is 37.8. The highest BCUT2D eigenvalue weighted by Gasteiger charge is 2.34. The Morgan fingerprint density at radius 1 is 1.13 bits per heavy atom. The predicted molar refractivity (Wildman–Crippen MR) is 120 cm³/mol. The minimum atomic E-state index is -0.905. The number of nitrogens with zero attached hydrogens (tertiary/aromatic N) is 4. The first kappa shape index (κ1) is 19.6. The average Bonchev–Trinajstić information content (AvgIpc) is 3.41. The summed E-state index contributed by atoms with van der Waals surface area (Å²) in [5.41, 5.74) is 8.24. The number of nitrogens with two attached hydrogens (primary N) is 1. The van der Waals surface area contributed by atoms with Crippen LogP contribution in [-0.4, -0.2) is 66.0 Å². The van der Waals surface area contributed by atoms with Gasteiger partial charge in [-0.05, 0) is 36.7 Å². The zero-order valence-electron chi connectivity index (χ0n) is 17.3. The molecule has 3 N–H and O–H groups in total. The molecule has 4 heterocycles. The van der Waals surface area contributed by atoms with Crippen LogP contribution in [0, 0.1) is 0 Å². The molecule has 2 aromatic heterocycles. The SMILES string of the molecule is NC(=O)C(=O)N1C[C@H](CCN2CCN(c3cc4cc[nH]c4cn3)CC2)c2ccccc21. The summed E-state index contributed by atoms with van der Waals surface area (Å²) in [7, 11) is 0. The smallest absolute Gasteiger partial charge is 0.316 e. The van der Waals surface area contributed by atoms with E-state index in [-0.39, 0.29) is 5.92 Å². The molecule has 2 aliphatic rings. The van der Waals surface area contributed by atoms with Crippen molar-refractivity contribution >= 4 is 34.2 Å². The van der Waals surface area contributed by atoms with E-state index >= 15 is 0 Å². The number of hydrogen-bond acceptors (Lipinski definition) is 5. The molecular formula is C23H26N6O2. The van der Waals surface area contributed by atoms with Crippen LogP contribution in [-0.2, 0) is 9.59 Å². The second-order valence-electron chi connectivity index (χ2n) is 8.26. The lowest BCUT2D eigenvalue weighted by Gasteiger charge is -2.35. The third-order valence-electron chi connectivity index (χ3n) is 6.44. The third-order valence-corrected chi connectivity index (χ3v) is 6.44. The molecule has 0 spiro atoms. The molecule has 0 bridgehead atoms. The number of hydrogen-bond donors (Lipinski definition) is 2. The zero-order valence-corrected chi connectivity index (χ0v) is 17.3. The molecule has 31 heavy (non-hydrogen) atoms. The van der Waals surface area contributed by atoms with Gasteiger partial charge >= 0.3 is 11.8 Å². The summed E-state index contributed by atoms with van der Waals surface area (Å²) in [5.74, 6) is -0.291. The molecule has 5 rings (SSSR count). The first-order chi connectivity index (χ1) is 15.1. The molecular weight excluding hydrogens is 392 g/mol. The van der Waals surface area contributed by atoms with Crippen molar-refractivity contribution in [3.63, 3.8) is 0 Å². The number of H-pyrrole nitrogens is 1. The van der Waals surface area contributed by atoms with Gasteiger partial charge in [-0.25, -0.2) is 4.98 Å². The van der Waals surface area contributed by atoms with E-state index in [9.17, 15) is 9.59 Å². The fraction of sp³-hybridized carbons (Fsp3) is 0.348. The fourth-order valence-electron chi connectivity index (χ4n) is 4.72. The van der Waals surface area contributed by atoms with Crippen LogP contribution in [0.5, 0.6) is 0 Å². The van der Waals surface area contributed by atoms with Crippen LogP contribution in [0.2, 0.25) is 0 Å². The van der Waals surface area contributed by atoms with Crippen molar-refractivity contribution in [1.82, 2.24) is 14.9 Å². The van der Waals surface area contributed by atoms with E-state index in [1.165, 1.54) is 10.3 Å². The zero-order chi connectivity index (χ0) is 21.4. The largest absolute Gasteiger partial charge is 0.361 e. The van der Waals surface area contributed by atoms with Crippen molar-refractivity contribution in [2.24, 2.45) is 5.73 Å². The average molecular weight is 419 g/mol. The summed E-state index contributed by atoms with van der Waals surface area (Å²) in [6.07, 6.45) is 4.77. The molecule has 2 amide bonds. The Hall–Kier alpha value is -3.39. The molecule has 0 radical (unpaired) electrons. The van der Waals surface area contributed by atoms with E-state index < -0.39 is 11.8 Å². The van der Waals surface area contributed by atoms with E-state index in [4.69, 9.17) is 5.73 Å². The molecule has 0 saturated carbocycles. The fourth-order valence-corrected chi connectivity index (χ4v) is 4.72. The lowest BCUT2D eigenvalue weighted by Crippen LogP contribution is -2.47. The Kier molecular flexibility index (Phi) is 5.07. The number of aromatic amines is 1. The van der Waals surface area contributed by atoms with Gasteiger partial charge in [-0.1, -0.05) is 18.2 Å². The molecule has 0 unspecified atom stereocenters. The van der Waals surface area contributed by atoms with Crippen LogP contribution in [0.25, 0.3) is 10.9 Å². The number of benzene rings is 1. The summed E-state index contributed by atoms with van der Waals surface area (Å²) in [6.45, 7) is 5.31. The minimum Gasteiger partial charge on any atom is -0.361 e. The highest BCUT2D eigenvalue weighted by Crippen LogP contribution is 2.38. The Morgan fingerprint density at radius 2 is 1.94 bits per heavy atom. The highest BCUT2D eigenvalue weighted by atomic mass is 16.2. The molecule has 8 nitrogen and oxygen atoms in total. The van der Waals surface area contributed by atoms with Gasteiger partial charge in [0.05, 0.1) is 11.7 Å². The first-order valence-electron chi connectivity index (χ1n) is 10.7. The van der Waals surface area contributed by atoms with Gasteiger partial charge in [-0.3, -0.25) is 14.5 Å². The van der Waals surface area contributed by atoms with Crippen molar-refractivity contribution in [3.05, 3.63) is 54.4 Å². The van der Waals surface area contributed by atoms with E-state index in [1.54, 1.807) is 0 Å². The number of aromatic nitrogens is 2. The summed E-state index contributed by atoms with van der Waals surface area (Å²) in [5, 5.41) is 1.18. The molecule has 2 aliphatic heterocycles. The molecule has 0 aliphatic carbocycles. The highest BCUT2D eigenvalue weighted by molar-refractivity contribution is 6.40. The molecule has 1 fully saturated rings. The van der Waals surface area contributed by atoms with Gasteiger partial charge < -0.3 is 20.5 Å². The van der Waals surface area contributed by atoms with Gasteiger partial charge in [0.2, 0.25) is 0 Å². The molecule has 1 atom stereocenters. The second kappa shape index (κ2) is 8.03. The third kappa shape index (κ3) is 3.74. The lowest BCUT2D eigenvalue weighted by molar-refractivity contribution is -0.135. The van der Waals surface area contributed by atoms with Gasteiger partial charge in [0.25, 0.3) is 0 Å². The Labute approximate surface area is 180 Å². The molecule has 8 heteroatoms. The van der Waals surface area contributed by atoms with E-state index in [0.29, 0.717) is 6.54 Å². The monoisotopic (exact) mass is 418 g/mol. The van der Waals surface area contributed by atoms with Crippen LogP contribution in [0.1, 0.15) is 17.9 Å². The van der Waals surface area contributed by atoms with Gasteiger partial charge in [-0.2, -0.15) is 0 Å².